The SMILES string of the molecule is Nc1nonc1-n1nnc(C(=O)NN=Cc2ccsc2)c1CSc1ccccc1. The van der Waals surface area contributed by atoms with Gasteiger partial charge in [-0.15, -0.1) is 16.9 Å². The van der Waals surface area contributed by atoms with E-state index in [9.17, 15) is 4.79 Å². The van der Waals surface area contributed by atoms with Crippen LogP contribution >= 0.6 is 23.1 Å². The van der Waals surface area contributed by atoms with E-state index in [4.69, 9.17) is 5.73 Å². The van der Waals surface area contributed by atoms with Gasteiger partial charge in [-0.05, 0) is 39.3 Å². The number of thiophene rings is 1. The smallest absolute Gasteiger partial charge is 0.293 e. The van der Waals surface area contributed by atoms with E-state index < -0.39 is 5.91 Å². The van der Waals surface area contributed by atoms with E-state index in [0.717, 1.165) is 10.5 Å². The second-order valence-electron chi connectivity index (χ2n) is 5.63. The molecular weight excluding hydrogens is 412 g/mol. The summed E-state index contributed by atoms with van der Waals surface area (Å²) in [7, 11) is 0. The molecular formula is C17H14N8O2S2. The van der Waals surface area contributed by atoms with Gasteiger partial charge in [0.25, 0.3) is 5.91 Å². The van der Waals surface area contributed by atoms with Crippen molar-refractivity contribution in [2.24, 2.45) is 5.10 Å². The van der Waals surface area contributed by atoms with Gasteiger partial charge >= 0.3 is 0 Å². The van der Waals surface area contributed by atoms with E-state index in [1.54, 1.807) is 6.21 Å². The molecule has 1 aromatic carbocycles. The lowest BCUT2D eigenvalue weighted by Gasteiger charge is -2.05. The Morgan fingerprint density at radius 1 is 1.31 bits per heavy atom. The Morgan fingerprint density at radius 3 is 2.90 bits per heavy atom. The molecule has 0 saturated heterocycles. The third-order valence-electron chi connectivity index (χ3n) is 3.72. The Kier molecular flexibility index (Phi) is 5.63. The fourth-order valence-electron chi connectivity index (χ4n) is 2.35. The minimum Gasteiger partial charge on any atom is -0.378 e. The fraction of sp³-hybridized carbons (Fsp3) is 0.0588. The van der Waals surface area contributed by atoms with Crippen LogP contribution in [0, 0.1) is 0 Å². The predicted octanol–water partition coefficient (Wildman–Crippen LogP) is 2.35. The number of rotatable bonds is 7. The number of nitrogen functional groups attached to an aromatic ring is 1. The standard InChI is InChI=1S/C17H14N8O2S2/c18-15-16(23-27-22-15)25-13(10-29-12-4-2-1-3-5-12)14(20-24-25)17(26)21-19-8-11-6-7-28-9-11/h1-9H,10H2,(H2,18,22)(H,21,26). The van der Waals surface area contributed by atoms with Crippen LogP contribution < -0.4 is 11.2 Å². The van der Waals surface area contributed by atoms with Crippen molar-refractivity contribution in [3.63, 3.8) is 0 Å². The number of benzene rings is 1. The van der Waals surface area contributed by atoms with E-state index in [1.807, 2.05) is 47.2 Å². The van der Waals surface area contributed by atoms with E-state index in [-0.39, 0.29) is 17.3 Å². The maximum Gasteiger partial charge on any atom is 0.293 e. The lowest BCUT2D eigenvalue weighted by Crippen LogP contribution is -2.20. The summed E-state index contributed by atoms with van der Waals surface area (Å²) in [5.41, 5.74) is 9.74. The molecule has 0 atom stereocenters. The first-order valence-electron chi connectivity index (χ1n) is 8.29. The van der Waals surface area contributed by atoms with Gasteiger partial charge in [0, 0.05) is 16.2 Å². The summed E-state index contributed by atoms with van der Waals surface area (Å²) in [6.07, 6.45) is 1.55. The molecule has 0 aliphatic rings. The van der Waals surface area contributed by atoms with Gasteiger partial charge in [0.05, 0.1) is 11.9 Å². The van der Waals surface area contributed by atoms with Gasteiger partial charge in [0.15, 0.2) is 5.69 Å². The molecule has 12 heteroatoms. The quantitative estimate of drug-likeness (QED) is 0.261. The molecule has 3 aromatic heterocycles. The minimum absolute atomic E-state index is 0.0447. The third-order valence-corrected chi connectivity index (χ3v) is 5.44. The second-order valence-corrected chi connectivity index (χ2v) is 7.46. The number of aromatic nitrogens is 5. The first kappa shape index (κ1) is 18.8. The van der Waals surface area contributed by atoms with Crippen molar-refractivity contribution in [1.82, 2.24) is 30.7 Å². The normalized spacial score (nSPS) is 11.2. The van der Waals surface area contributed by atoms with Crippen LogP contribution in [0.15, 0.2) is 61.8 Å². The number of hydrogen-bond donors (Lipinski definition) is 2. The Balaban J connectivity index is 1.59. The van der Waals surface area contributed by atoms with Crippen molar-refractivity contribution in [3.8, 4) is 5.82 Å². The summed E-state index contributed by atoms with van der Waals surface area (Å²) in [4.78, 5) is 13.7. The molecule has 0 saturated carbocycles. The van der Waals surface area contributed by atoms with Crippen LogP contribution in [0.5, 0.6) is 0 Å². The molecule has 0 aliphatic heterocycles. The number of nitrogens with one attached hydrogen (secondary N) is 1. The number of thioether (sulfide) groups is 1. The van der Waals surface area contributed by atoms with Crippen LogP contribution in [-0.2, 0) is 5.75 Å². The van der Waals surface area contributed by atoms with Crippen LogP contribution in [0.1, 0.15) is 21.7 Å². The van der Waals surface area contributed by atoms with E-state index in [1.165, 1.54) is 27.8 Å². The zero-order valence-electron chi connectivity index (χ0n) is 14.8. The van der Waals surface area contributed by atoms with Gasteiger partial charge in [-0.25, -0.2) is 10.1 Å². The average molecular weight is 426 g/mol. The molecule has 3 N–H and O–H groups in total. The van der Waals surface area contributed by atoms with Crippen molar-refractivity contribution in [2.75, 3.05) is 5.73 Å². The molecule has 146 valence electrons. The molecule has 4 rings (SSSR count). The summed E-state index contributed by atoms with van der Waals surface area (Å²) in [6.45, 7) is 0. The number of hydrazone groups is 1. The van der Waals surface area contributed by atoms with Crippen molar-refractivity contribution < 1.29 is 9.42 Å². The van der Waals surface area contributed by atoms with Crippen LogP contribution in [-0.4, -0.2) is 37.4 Å². The molecule has 0 aliphatic carbocycles. The lowest BCUT2D eigenvalue weighted by atomic mass is 10.3. The summed E-state index contributed by atoms with van der Waals surface area (Å²) < 4.78 is 6.00. The van der Waals surface area contributed by atoms with Crippen LogP contribution in [0.3, 0.4) is 0 Å². The summed E-state index contributed by atoms with van der Waals surface area (Å²) in [6, 6.07) is 11.6. The number of amides is 1. The van der Waals surface area contributed by atoms with Gasteiger partial charge in [-0.1, -0.05) is 23.4 Å². The molecule has 1 amide bonds. The first-order valence-corrected chi connectivity index (χ1v) is 10.2. The van der Waals surface area contributed by atoms with Crippen molar-refractivity contribution >= 4 is 41.0 Å². The zero-order chi connectivity index (χ0) is 20.1. The fourth-order valence-corrected chi connectivity index (χ4v) is 3.87. The van der Waals surface area contributed by atoms with Crippen molar-refractivity contribution in [1.29, 1.82) is 0 Å². The van der Waals surface area contributed by atoms with Gasteiger partial charge in [-0.3, -0.25) is 4.79 Å². The Morgan fingerprint density at radius 2 is 2.17 bits per heavy atom. The maximum atomic E-state index is 12.6. The Bertz CT molecular complexity index is 1120. The highest BCUT2D eigenvalue weighted by Gasteiger charge is 2.23. The van der Waals surface area contributed by atoms with E-state index >= 15 is 0 Å². The van der Waals surface area contributed by atoms with Crippen LogP contribution in [0.25, 0.3) is 5.82 Å². The first-order chi connectivity index (χ1) is 14.2. The largest absolute Gasteiger partial charge is 0.378 e. The molecule has 3 heterocycles. The second kappa shape index (κ2) is 8.67. The molecule has 10 nitrogen and oxygen atoms in total. The van der Waals surface area contributed by atoms with Crippen LogP contribution in [0.2, 0.25) is 0 Å². The summed E-state index contributed by atoms with van der Waals surface area (Å²) in [5.74, 6) is 0.104. The number of hydrogen-bond acceptors (Lipinski definition) is 10. The summed E-state index contributed by atoms with van der Waals surface area (Å²) >= 11 is 3.05. The third kappa shape index (κ3) is 4.33. The monoisotopic (exact) mass is 426 g/mol. The molecule has 0 radical (unpaired) electrons. The Labute approximate surface area is 172 Å². The number of anilines is 1. The number of carbonyl (C=O) groups is 1. The van der Waals surface area contributed by atoms with Gasteiger partial charge in [0.1, 0.15) is 0 Å². The molecule has 0 bridgehead atoms. The molecule has 4 aromatic rings. The molecule has 29 heavy (non-hydrogen) atoms. The highest BCUT2D eigenvalue weighted by molar-refractivity contribution is 7.98. The molecule has 0 spiro atoms. The highest BCUT2D eigenvalue weighted by Crippen LogP contribution is 2.25. The molecule has 0 fully saturated rings. The lowest BCUT2D eigenvalue weighted by molar-refractivity contribution is 0.0949. The number of carbonyl (C=O) groups excluding carboxylic acids is 1. The van der Waals surface area contributed by atoms with Crippen molar-refractivity contribution in [2.45, 2.75) is 10.6 Å². The van der Waals surface area contributed by atoms with E-state index in [0.29, 0.717) is 11.4 Å². The maximum absolute atomic E-state index is 12.6. The highest BCUT2D eigenvalue weighted by atomic mass is 32.2. The zero-order valence-corrected chi connectivity index (χ0v) is 16.4. The van der Waals surface area contributed by atoms with Crippen molar-refractivity contribution in [3.05, 3.63) is 64.1 Å². The number of nitrogens with zero attached hydrogens (tertiary/aromatic N) is 6. The van der Waals surface area contributed by atoms with Gasteiger partial charge < -0.3 is 5.73 Å². The number of nitrogens with two attached hydrogens (primary N) is 1. The van der Waals surface area contributed by atoms with Crippen LogP contribution in [0.4, 0.5) is 5.82 Å². The predicted molar refractivity (Wildman–Crippen MR) is 109 cm³/mol. The van der Waals surface area contributed by atoms with Gasteiger partial charge in [-0.2, -0.15) is 21.1 Å². The minimum atomic E-state index is -0.499. The molecule has 0 unspecified atom stereocenters. The Hall–Kier alpha value is -3.51. The summed E-state index contributed by atoms with van der Waals surface area (Å²) in [5, 5.41) is 23.1. The topological polar surface area (TPSA) is 137 Å². The average Bonchev–Trinajstić information content (AvgIpc) is 3.48. The van der Waals surface area contributed by atoms with Gasteiger partial charge in [0.2, 0.25) is 11.6 Å². The van der Waals surface area contributed by atoms with E-state index in [2.05, 4.69) is 35.8 Å².